The number of piperidine rings is 1. The smallest absolute Gasteiger partial charge is 0.273 e. The van der Waals surface area contributed by atoms with Gasteiger partial charge in [-0.1, -0.05) is 0 Å². The molecule has 2 unspecified atom stereocenters. The minimum atomic E-state index is -0.228. The van der Waals surface area contributed by atoms with Crippen LogP contribution in [0.3, 0.4) is 0 Å². The first-order valence-corrected chi connectivity index (χ1v) is 8.02. The molecule has 1 amide bonds. The van der Waals surface area contributed by atoms with Crippen LogP contribution in [0.4, 0.5) is 0 Å². The molecule has 22 heavy (non-hydrogen) atoms. The van der Waals surface area contributed by atoms with E-state index >= 15 is 0 Å². The van der Waals surface area contributed by atoms with E-state index in [1.807, 2.05) is 4.90 Å². The fourth-order valence-corrected chi connectivity index (χ4v) is 4.03. The zero-order chi connectivity index (χ0) is 14.9. The number of amides is 1. The van der Waals surface area contributed by atoms with Gasteiger partial charge in [-0.15, -0.1) is 0 Å². The molecular weight excluding hydrogens is 282 g/mol. The van der Waals surface area contributed by atoms with Gasteiger partial charge in [0.1, 0.15) is 11.5 Å². The average Bonchev–Trinajstić information content (AvgIpc) is 3.40. The number of nitrogens with one attached hydrogen (secondary N) is 1. The van der Waals surface area contributed by atoms with Gasteiger partial charge >= 0.3 is 0 Å². The van der Waals surface area contributed by atoms with Gasteiger partial charge in [-0.2, -0.15) is 10.2 Å². The molecule has 5 rings (SSSR count). The maximum absolute atomic E-state index is 12.9. The van der Waals surface area contributed by atoms with Crippen molar-refractivity contribution in [2.45, 2.75) is 62.2 Å². The van der Waals surface area contributed by atoms with E-state index in [1.165, 1.54) is 6.07 Å². The quantitative estimate of drug-likeness (QED) is 0.898. The lowest BCUT2D eigenvalue weighted by Gasteiger charge is -2.36. The van der Waals surface area contributed by atoms with Gasteiger partial charge < -0.3 is 9.88 Å². The molecular formula is C15H17N5O2. The SMILES string of the molecule is O=C(c1cc(=O)[nH]c(C2CC2)n1)N1C2CCC1CC1(C2)N=N1. The van der Waals surface area contributed by atoms with Crippen LogP contribution >= 0.6 is 0 Å². The third kappa shape index (κ3) is 1.84. The van der Waals surface area contributed by atoms with Gasteiger partial charge in [-0.25, -0.2) is 4.98 Å². The Balaban J connectivity index is 1.46. The number of aromatic amines is 1. The Morgan fingerprint density at radius 2 is 1.86 bits per heavy atom. The minimum absolute atomic E-state index is 0.101. The molecule has 114 valence electrons. The highest BCUT2D eigenvalue weighted by molar-refractivity contribution is 5.93. The van der Waals surface area contributed by atoms with Crippen LogP contribution < -0.4 is 5.56 Å². The van der Waals surface area contributed by atoms with E-state index < -0.39 is 0 Å². The van der Waals surface area contributed by atoms with Crippen LogP contribution in [0.5, 0.6) is 0 Å². The summed E-state index contributed by atoms with van der Waals surface area (Å²) in [6.45, 7) is 0. The van der Waals surface area contributed by atoms with Gasteiger partial charge in [0, 0.05) is 36.9 Å². The highest BCUT2D eigenvalue weighted by atomic mass is 16.2. The fourth-order valence-electron chi connectivity index (χ4n) is 4.03. The van der Waals surface area contributed by atoms with E-state index in [1.54, 1.807) is 0 Å². The molecule has 2 saturated heterocycles. The molecule has 3 aliphatic heterocycles. The molecule has 1 aromatic rings. The number of nitrogens with zero attached hydrogens (tertiary/aromatic N) is 4. The van der Waals surface area contributed by atoms with Crippen LogP contribution in [0, 0.1) is 0 Å². The molecule has 4 aliphatic rings. The van der Waals surface area contributed by atoms with Crippen LogP contribution in [0.1, 0.15) is 60.8 Å². The molecule has 4 heterocycles. The first-order valence-electron chi connectivity index (χ1n) is 8.02. The summed E-state index contributed by atoms with van der Waals surface area (Å²) in [5, 5.41) is 8.35. The van der Waals surface area contributed by atoms with Gasteiger partial charge in [-0.05, 0) is 25.7 Å². The Morgan fingerprint density at radius 3 is 2.45 bits per heavy atom. The predicted molar refractivity (Wildman–Crippen MR) is 76.6 cm³/mol. The van der Waals surface area contributed by atoms with Crippen LogP contribution in [0.25, 0.3) is 0 Å². The summed E-state index contributed by atoms with van der Waals surface area (Å²) in [4.78, 5) is 33.8. The Kier molecular flexibility index (Phi) is 2.28. The van der Waals surface area contributed by atoms with Crippen LogP contribution in [-0.2, 0) is 0 Å². The molecule has 1 aliphatic carbocycles. The fraction of sp³-hybridized carbons (Fsp3) is 0.667. The van der Waals surface area contributed by atoms with E-state index in [9.17, 15) is 9.59 Å². The summed E-state index contributed by atoms with van der Waals surface area (Å²) in [6.07, 6.45) is 5.74. The van der Waals surface area contributed by atoms with Crippen LogP contribution in [-0.4, -0.2) is 38.5 Å². The van der Waals surface area contributed by atoms with Gasteiger partial charge in [0.25, 0.3) is 11.5 Å². The highest BCUT2D eigenvalue weighted by Crippen LogP contribution is 2.49. The number of carbonyl (C=O) groups excluding carboxylic acids is 1. The molecule has 2 bridgehead atoms. The second-order valence-electron chi connectivity index (χ2n) is 6.98. The second-order valence-corrected chi connectivity index (χ2v) is 6.98. The minimum Gasteiger partial charge on any atom is -0.331 e. The summed E-state index contributed by atoms with van der Waals surface area (Å²) in [7, 11) is 0. The van der Waals surface area contributed by atoms with E-state index in [0.717, 1.165) is 38.5 Å². The Bertz CT molecular complexity index is 729. The predicted octanol–water partition coefficient (Wildman–Crippen LogP) is 1.58. The second kappa shape index (κ2) is 4.02. The first-order chi connectivity index (χ1) is 10.6. The van der Waals surface area contributed by atoms with Crippen molar-refractivity contribution in [1.29, 1.82) is 0 Å². The summed E-state index contributed by atoms with van der Waals surface area (Å²) >= 11 is 0. The van der Waals surface area contributed by atoms with Gasteiger partial charge in [0.15, 0.2) is 5.66 Å². The third-order valence-electron chi connectivity index (χ3n) is 5.31. The molecule has 0 aromatic carbocycles. The zero-order valence-corrected chi connectivity index (χ0v) is 12.2. The lowest BCUT2D eigenvalue weighted by atomic mass is 9.94. The molecule has 2 atom stereocenters. The normalized spacial score (nSPS) is 30.8. The number of rotatable bonds is 2. The number of aromatic nitrogens is 2. The Hall–Kier alpha value is -2.05. The van der Waals surface area contributed by atoms with Gasteiger partial charge in [-0.3, -0.25) is 9.59 Å². The maximum atomic E-state index is 12.9. The van der Waals surface area contributed by atoms with Crippen molar-refractivity contribution in [3.8, 4) is 0 Å². The van der Waals surface area contributed by atoms with Crippen molar-refractivity contribution in [2.24, 2.45) is 10.2 Å². The van der Waals surface area contributed by atoms with E-state index in [4.69, 9.17) is 0 Å². The number of fused-ring (bicyclic) bond motifs is 2. The topological polar surface area (TPSA) is 90.8 Å². The number of H-pyrrole nitrogens is 1. The third-order valence-corrected chi connectivity index (χ3v) is 5.31. The lowest BCUT2D eigenvalue weighted by molar-refractivity contribution is 0.0542. The summed E-state index contributed by atoms with van der Waals surface area (Å²) < 4.78 is 0. The Morgan fingerprint density at radius 1 is 1.18 bits per heavy atom. The number of carbonyl (C=O) groups is 1. The molecule has 7 nitrogen and oxygen atoms in total. The molecule has 7 heteroatoms. The van der Waals surface area contributed by atoms with E-state index in [0.29, 0.717) is 17.4 Å². The lowest BCUT2D eigenvalue weighted by Crippen LogP contribution is -2.49. The summed E-state index contributed by atoms with van der Waals surface area (Å²) in [5.41, 5.74) is -0.125. The van der Waals surface area contributed by atoms with Crippen molar-refractivity contribution in [1.82, 2.24) is 14.9 Å². The van der Waals surface area contributed by atoms with Crippen molar-refractivity contribution >= 4 is 5.91 Å². The molecule has 1 N–H and O–H groups in total. The summed E-state index contributed by atoms with van der Waals surface area (Å²) in [5.74, 6) is 0.894. The standard InChI is InChI=1S/C15H17N5O2/c21-12-5-11(16-13(17-12)8-1-2-8)14(22)20-9-3-4-10(20)7-15(6-9)18-19-15/h5,8-10H,1-4,6-7H2,(H,16,17,21). The molecule has 1 spiro atoms. The van der Waals surface area contributed by atoms with Crippen molar-refractivity contribution in [3.05, 3.63) is 27.9 Å². The number of hydrogen-bond donors (Lipinski definition) is 1. The van der Waals surface area contributed by atoms with Crippen molar-refractivity contribution < 1.29 is 4.79 Å². The number of hydrogen-bond acceptors (Lipinski definition) is 5. The molecule has 1 saturated carbocycles. The Labute approximate surface area is 126 Å². The average molecular weight is 299 g/mol. The van der Waals surface area contributed by atoms with E-state index in [-0.39, 0.29) is 29.2 Å². The molecule has 1 aromatic heterocycles. The molecule has 3 fully saturated rings. The zero-order valence-electron chi connectivity index (χ0n) is 12.2. The van der Waals surface area contributed by atoms with Crippen LogP contribution in [0.15, 0.2) is 21.1 Å². The molecule has 0 radical (unpaired) electrons. The largest absolute Gasteiger partial charge is 0.331 e. The summed E-state index contributed by atoms with van der Waals surface area (Å²) in [6, 6.07) is 1.71. The van der Waals surface area contributed by atoms with Gasteiger partial charge in [0.2, 0.25) is 0 Å². The van der Waals surface area contributed by atoms with Crippen molar-refractivity contribution in [2.75, 3.05) is 0 Å². The van der Waals surface area contributed by atoms with Crippen LogP contribution in [0.2, 0.25) is 0 Å². The monoisotopic (exact) mass is 299 g/mol. The maximum Gasteiger partial charge on any atom is 0.273 e. The van der Waals surface area contributed by atoms with Crippen molar-refractivity contribution in [3.63, 3.8) is 0 Å². The van der Waals surface area contributed by atoms with E-state index in [2.05, 4.69) is 20.2 Å². The highest BCUT2D eigenvalue weighted by Gasteiger charge is 2.55. The van der Waals surface area contributed by atoms with Gasteiger partial charge in [0.05, 0.1) is 0 Å². The first kappa shape index (κ1) is 12.5.